The summed E-state index contributed by atoms with van der Waals surface area (Å²) in [6.45, 7) is 5.83. The number of nitrogens with zero attached hydrogens (tertiary/aromatic N) is 4. The molecule has 6 heteroatoms. The van der Waals surface area contributed by atoms with E-state index in [-0.39, 0.29) is 0 Å². The number of halogens is 1. The van der Waals surface area contributed by atoms with E-state index in [1.807, 2.05) is 24.3 Å². The molecular formula is C21H23ClN4O. The fourth-order valence-corrected chi connectivity index (χ4v) is 3.58. The summed E-state index contributed by atoms with van der Waals surface area (Å²) >= 11 is 6.21. The van der Waals surface area contributed by atoms with Gasteiger partial charge in [0.25, 0.3) is 0 Å². The van der Waals surface area contributed by atoms with E-state index in [1.54, 1.807) is 0 Å². The molecule has 140 valence electrons. The predicted octanol–water partition coefficient (Wildman–Crippen LogP) is 3.63. The van der Waals surface area contributed by atoms with Crippen LogP contribution in [0.3, 0.4) is 0 Å². The number of rotatable bonds is 6. The molecule has 0 bridgehead atoms. The molecule has 0 aliphatic carbocycles. The van der Waals surface area contributed by atoms with Crippen molar-refractivity contribution in [3.8, 4) is 0 Å². The number of aromatic nitrogens is 2. The largest absolute Gasteiger partial charge is 0.338 e. The van der Waals surface area contributed by atoms with Gasteiger partial charge in [0.15, 0.2) is 5.82 Å². The summed E-state index contributed by atoms with van der Waals surface area (Å²) in [6.07, 6.45) is 0.591. The van der Waals surface area contributed by atoms with Gasteiger partial charge in [-0.25, -0.2) is 0 Å². The monoisotopic (exact) mass is 382 g/mol. The normalized spacial score (nSPS) is 15.9. The number of benzene rings is 2. The molecule has 2 heterocycles. The first-order chi connectivity index (χ1) is 13.3. The van der Waals surface area contributed by atoms with Crippen molar-refractivity contribution in [3.63, 3.8) is 0 Å². The van der Waals surface area contributed by atoms with Crippen LogP contribution in [0.1, 0.15) is 22.8 Å². The van der Waals surface area contributed by atoms with Crippen molar-refractivity contribution in [1.82, 2.24) is 19.9 Å². The molecule has 4 rings (SSSR count). The fourth-order valence-electron chi connectivity index (χ4n) is 3.38. The maximum atomic E-state index is 6.21. The Hall–Kier alpha value is -2.21. The van der Waals surface area contributed by atoms with Crippen molar-refractivity contribution in [2.75, 3.05) is 26.2 Å². The van der Waals surface area contributed by atoms with Gasteiger partial charge in [-0.15, -0.1) is 0 Å². The number of hydrogen-bond donors (Lipinski definition) is 0. The first-order valence-electron chi connectivity index (χ1n) is 9.30. The molecule has 1 aliphatic rings. The first kappa shape index (κ1) is 18.2. The molecule has 0 radical (unpaired) electrons. The van der Waals surface area contributed by atoms with E-state index >= 15 is 0 Å². The molecule has 1 saturated heterocycles. The fraction of sp³-hybridized carbons (Fsp3) is 0.333. The quantitative estimate of drug-likeness (QED) is 0.651. The minimum Gasteiger partial charge on any atom is -0.338 e. The van der Waals surface area contributed by atoms with Crippen LogP contribution in [0.2, 0.25) is 5.02 Å². The van der Waals surface area contributed by atoms with Crippen molar-refractivity contribution < 1.29 is 4.52 Å². The third-order valence-electron chi connectivity index (χ3n) is 4.89. The van der Waals surface area contributed by atoms with E-state index in [4.69, 9.17) is 16.1 Å². The van der Waals surface area contributed by atoms with E-state index in [1.165, 1.54) is 5.56 Å². The van der Waals surface area contributed by atoms with Gasteiger partial charge >= 0.3 is 0 Å². The number of hydrogen-bond acceptors (Lipinski definition) is 5. The van der Waals surface area contributed by atoms with Gasteiger partial charge in [0.05, 0.1) is 6.54 Å². The lowest BCUT2D eigenvalue weighted by Crippen LogP contribution is -2.45. The zero-order valence-corrected chi connectivity index (χ0v) is 16.0. The van der Waals surface area contributed by atoms with Crippen LogP contribution in [0, 0.1) is 0 Å². The molecule has 0 spiro atoms. The minimum atomic E-state index is 0.591. The predicted molar refractivity (Wildman–Crippen MR) is 106 cm³/mol. The summed E-state index contributed by atoms with van der Waals surface area (Å²) in [6, 6.07) is 18.4. The van der Waals surface area contributed by atoms with Crippen LogP contribution in [0.15, 0.2) is 59.1 Å². The molecule has 27 heavy (non-hydrogen) atoms. The average Bonchev–Trinajstić information content (AvgIpc) is 3.13. The first-order valence-corrected chi connectivity index (χ1v) is 9.67. The van der Waals surface area contributed by atoms with Gasteiger partial charge in [-0.3, -0.25) is 9.80 Å². The van der Waals surface area contributed by atoms with Gasteiger partial charge in [-0.2, -0.15) is 4.98 Å². The van der Waals surface area contributed by atoms with Crippen molar-refractivity contribution in [2.24, 2.45) is 0 Å². The standard InChI is InChI=1S/C21H23ClN4O/c22-19-9-5-4-8-18(19)14-20-23-21(27-24-20)16-26-12-10-25(11-13-26)15-17-6-2-1-3-7-17/h1-9H,10-16H2. The molecule has 1 aliphatic heterocycles. The Morgan fingerprint density at radius 2 is 1.52 bits per heavy atom. The third-order valence-corrected chi connectivity index (χ3v) is 5.26. The lowest BCUT2D eigenvalue weighted by Gasteiger charge is -2.33. The Labute approximate surface area is 164 Å². The summed E-state index contributed by atoms with van der Waals surface area (Å²) in [5.74, 6) is 1.36. The van der Waals surface area contributed by atoms with Gasteiger partial charge in [0.1, 0.15) is 0 Å². The second-order valence-electron chi connectivity index (χ2n) is 6.91. The van der Waals surface area contributed by atoms with E-state index < -0.39 is 0 Å². The lowest BCUT2D eigenvalue weighted by atomic mass is 10.1. The van der Waals surface area contributed by atoms with Gasteiger partial charge in [0, 0.05) is 44.2 Å². The molecule has 1 aromatic heterocycles. The highest BCUT2D eigenvalue weighted by Gasteiger charge is 2.19. The van der Waals surface area contributed by atoms with Crippen molar-refractivity contribution >= 4 is 11.6 Å². The van der Waals surface area contributed by atoms with Crippen molar-refractivity contribution in [2.45, 2.75) is 19.5 Å². The number of piperazine rings is 1. The molecule has 0 amide bonds. The summed E-state index contributed by atoms with van der Waals surface area (Å²) < 4.78 is 5.44. The Bertz CT molecular complexity index is 859. The zero-order chi connectivity index (χ0) is 18.5. The summed E-state index contributed by atoms with van der Waals surface area (Å²) in [7, 11) is 0. The molecule has 3 aromatic rings. The van der Waals surface area contributed by atoms with Gasteiger partial charge < -0.3 is 4.52 Å². The van der Waals surface area contributed by atoms with Crippen molar-refractivity contribution in [1.29, 1.82) is 0 Å². The Morgan fingerprint density at radius 3 is 2.26 bits per heavy atom. The maximum Gasteiger partial charge on any atom is 0.240 e. The van der Waals surface area contributed by atoms with Crippen LogP contribution in [0.5, 0.6) is 0 Å². The Kier molecular flexibility index (Phi) is 5.82. The van der Waals surface area contributed by atoms with Crippen LogP contribution in [0.25, 0.3) is 0 Å². The second kappa shape index (κ2) is 8.65. The van der Waals surface area contributed by atoms with E-state index in [0.29, 0.717) is 24.7 Å². The van der Waals surface area contributed by atoms with Crippen LogP contribution in [0.4, 0.5) is 0 Å². The van der Waals surface area contributed by atoms with Crippen LogP contribution >= 0.6 is 11.6 Å². The molecule has 0 N–H and O–H groups in total. The molecule has 0 unspecified atom stereocenters. The molecule has 0 saturated carbocycles. The molecule has 5 nitrogen and oxygen atoms in total. The van der Waals surface area contributed by atoms with E-state index in [9.17, 15) is 0 Å². The highest BCUT2D eigenvalue weighted by molar-refractivity contribution is 6.31. The van der Waals surface area contributed by atoms with Gasteiger partial charge in [-0.1, -0.05) is 65.3 Å². The van der Waals surface area contributed by atoms with E-state index in [2.05, 4.69) is 50.3 Å². The second-order valence-corrected chi connectivity index (χ2v) is 7.32. The van der Waals surface area contributed by atoms with Crippen LogP contribution in [-0.2, 0) is 19.5 Å². The highest BCUT2D eigenvalue weighted by atomic mass is 35.5. The molecule has 1 fully saturated rings. The summed E-state index contributed by atoms with van der Waals surface area (Å²) in [4.78, 5) is 9.39. The summed E-state index contributed by atoms with van der Waals surface area (Å²) in [5.41, 5.74) is 2.38. The maximum absolute atomic E-state index is 6.21. The average molecular weight is 383 g/mol. The van der Waals surface area contributed by atoms with Crippen LogP contribution < -0.4 is 0 Å². The van der Waals surface area contributed by atoms with Crippen molar-refractivity contribution in [3.05, 3.63) is 82.5 Å². The Morgan fingerprint density at radius 1 is 0.852 bits per heavy atom. The minimum absolute atomic E-state index is 0.591. The molecule has 2 aromatic carbocycles. The van der Waals surface area contributed by atoms with Gasteiger partial charge in [0.2, 0.25) is 5.89 Å². The van der Waals surface area contributed by atoms with E-state index in [0.717, 1.165) is 43.3 Å². The molecule has 0 atom stereocenters. The lowest BCUT2D eigenvalue weighted by molar-refractivity contribution is 0.112. The Balaban J connectivity index is 1.27. The van der Waals surface area contributed by atoms with Crippen LogP contribution in [-0.4, -0.2) is 46.1 Å². The third kappa shape index (κ3) is 4.95. The SMILES string of the molecule is Clc1ccccc1Cc1noc(CN2CCN(Cc3ccccc3)CC2)n1. The zero-order valence-electron chi connectivity index (χ0n) is 15.2. The highest BCUT2D eigenvalue weighted by Crippen LogP contribution is 2.18. The topological polar surface area (TPSA) is 45.4 Å². The van der Waals surface area contributed by atoms with Gasteiger partial charge in [-0.05, 0) is 17.2 Å². The summed E-state index contributed by atoms with van der Waals surface area (Å²) in [5, 5.41) is 4.84. The smallest absolute Gasteiger partial charge is 0.240 e. The molecular weight excluding hydrogens is 360 g/mol.